The largest absolute Gasteiger partial charge is 0.369 e. The number of ketones is 1. The summed E-state index contributed by atoms with van der Waals surface area (Å²) in [7, 11) is 1.51. The number of Topliss-reactive ketones (excluding diaryl/α,β-unsaturated/α-hetero) is 1. The first-order valence-electron chi connectivity index (χ1n) is 5.10. The van der Waals surface area contributed by atoms with Crippen molar-refractivity contribution in [2.24, 2.45) is 0 Å². The third-order valence-electron chi connectivity index (χ3n) is 2.21. The third-order valence-corrected chi connectivity index (χ3v) is 2.65. The molecule has 16 heavy (non-hydrogen) atoms. The van der Waals surface area contributed by atoms with Crippen molar-refractivity contribution in [3.8, 4) is 0 Å². The van der Waals surface area contributed by atoms with Crippen molar-refractivity contribution in [1.29, 1.82) is 0 Å². The highest BCUT2D eigenvalue weighted by Gasteiger charge is 2.19. The lowest BCUT2D eigenvalue weighted by atomic mass is 10.0. The normalized spacial score (nSPS) is 12.5. The van der Waals surface area contributed by atoms with E-state index in [2.05, 4.69) is 0 Å². The molecule has 0 N–H and O–H groups in total. The summed E-state index contributed by atoms with van der Waals surface area (Å²) in [5, 5.41) is 1.02. The summed E-state index contributed by atoms with van der Waals surface area (Å²) in [4.78, 5) is 11.8. The fraction of sp³-hybridized carbons (Fsp3) is 0.417. The Bertz CT molecular complexity index is 357. The lowest BCUT2D eigenvalue weighted by molar-refractivity contribution is -0.129. The molecule has 0 saturated heterocycles. The molecule has 88 valence electrons. The molecule has 0 aliphatic rings. The van der Waals surface area contributed by atoms with E-state index in [1.165, 1.54) is 7.11 Å². The minimum atomic E-state index is -0.573. The van der Waals surface area contributed by atoms with E-state index in [-0.39, 0.29) is 5.78 Å². The van der Waals surface area contributed by atoms with Crippen molar-refractivity contribution in [2.75, 3.05) is 7.11 Å². The number of halogens is 2. The molecule has 0 aromatic heterocycles. The van der Waals surface area contributed by atoms with Crippen LogP contribution in [0.25, 0.3) is 0 Å². The van der Waals surface area contributed by atoms with Gasteiger partial charge in [0, 0.05) is 23.6 Å². The van der Waals surface area contributed by atoms with Crippen molar-refractivity contribution in [1.82, 2.24) is 0 Å². The van der Waals surface area contributed by atoms with Crippen LogP contribution >= 0.6 is 23.2 Å². The monoisotopic (exact) mass is 260 g/mol. The van der Waals surface area contributed by atoms with Crippen molar-refractivity contribution in [3.63, 3.8) is 0 Å². The molecule has 0 radical (unpaired) electrons. The summed E-state index contributed by atoms with van der Waals surface area (Å²) in [5.41, 5.74) is 0.707. The molecule has 2 nitrogen and oxygen atoms in total. The van der Waals surface area contributed by atoms with Gasteiger partial charge in [-0.3, -0.25) is 4.79 Å². The van der Waals surface area contributed by atoms with Gasteiger partial charge in [-0.25, -0.2) is 0 Å². The van der Waals surface area contributed by atoms with Crippen LogP contribution in [0.3, 0.4) is 0 Å². The molecule has 0 saturated carbocycles. The number of hydrogen-bond acceptors (Lipinski definition) is 2. The molecule has 1 rings (SSSR count). The Balaban J connectivity index is 2.98. The van der Waals surface area contributed by atoms with Crippen LogP contribution < -0.4 is 0 Å². The summed E-state index contributed by atoms with van der Waals surface area (Å²) in [6.45, 7) is 1.95. The summed E-state index contributed by atoms with van der Waals surface area (Å²) < 4.78 is 5.19. The molecule has 0 aliphatic carbocycles. The van der Waals surface area contributed by atoms with Gasteiger partial charge in [-0.2, -0.15) is 0 Å². The number of hydrogen-bond donors (Lipinski definition) is 0. The summed E-state index contributed by atoms with van der Waals surface area (Å²) in [6.07, 6.45) is 0.714. The first-order valence-corrected chi connectivity index (χ1v) is 5.85. The van der Waals surface area contributed by atoms with Gasteiger partial charge >= 0.3 is 0 Å². The maximum atomic E-state index is 11.8. The minimum Gasteiger partial charge on any atom is -0.369 e. The molecular weight excluding hydrogens is 247 g/mol. The molecule has 1 aromatic carbocycles. The second-order valence-corrected chi connectivity index (χ2v) is 4.41. The van der Waals surface area contributed by atoms with E-state index in [9.17, 15) is 4.79 Å². The van der Waals surface area contributed by atoms with Crippen LogP contribution in [0.1, 0.15) is 31.4 Å². The van der Waals surface area contributed by atoms with Crippen LogP contribution in [0.4, 0.5) is 0 Å². The molecule has 1 atom stereocenters. The number of methoxy groups -OCH3 is 1. The molecule has 0 heterocycles. The van der Waals surface area contributed by atoms with Gasteiger partial charge < -0.3 is 4.74 Å². The Labute approximate surface area is 106 Å². The van der Waals surface area contributed by atoms with Crippen LogP contribution in [0.15, 0.2) is 18.2 Å². The minimum absolute atomic E-state index is 0.0448. The van der Waals surface area contributed by atoms with E-state index in [0.29, 0.717) is 22.0 Å². The van der Waals surface area contributed by atoms with Gasteiger partial charge in [0.15, 0.2) is 5.78 Å². The lowest BCUT2D eigenvalue weighted by Gasteiger charge is -2.14. The van der Waals surface area contributed by atoms with Gasteiger partial charge in [0.05, 0.1) is 0 Å². The first kappa shape index (κ1) is 13.5. The van der Waals surface area contributed by atoms with Gasteiger partial charge in [0.2, 0.25) is 0 Å². The zero-order chi connectivity index (χ0) is 12.1. The zero-order valence-corrected chi connectivity index (χ0v) is 10.8. The van der Waals surface area contributed by atoms with E-state index in [0.717, 1.165) is 6.42 Å². The van der Waals surface area contributed by atoms with Crippen LogP contribution in [0.5, 0.6) is 0 Å². The maximum absolute atomic E-state index is 11.8. The van der Waals surface area contributed by atoms with Crippen LogP contribution in [0.2, 0.25) is 10.0 Å². The van der Waals surface area contributed by atoms with Gasteiger partial charge in [-0.05, 0) is 30.2 Å². The Morgan fingerprint density at radius 2 is 1.88 bits per heavy atom. The average Bonchev–Trinajstić information content (AvgIpc) is 2.17. The second-order valence-electron chi connectivity index (χ2n) is 3.53. The molecule has 0 aliphatic heterocycles. The topological polar surface area (TPSA) is 26.3 Å². The van der Waals surface area contributed by atoms with Gasteiger partial charge in [0.25, 0.3) is 0 Å². The SMILES string of the molecule is CCCC(=O)C(OC)c1cc(Cl)cc(Cl)c1. The number of rotatable bonds is 5. The Morgan fingerprint density at radius 3 is 2.31 bits per heavy atom. The molecule has 1 unspecified atom stereocenters. The average molecular weight is 261 g/mol. The first-order chi connectivity index (χ1) is 7.58. The van der Waals surface area contributed by atoms with E-state index >= 15 is 0 Å². The second kappa shape index (κ2) is 6.24. The van der Waals surface area contributed by atoms with Crippen molar-refractivity contribution < 1.29 is 9.53 Å². The smallest absolute Gasteiger partial charge is 0.166 e. The van der Waals surface area contributed by atoms with E-state index < -0.39 is 6.10 Å². The van der Waals surface area contributed by atoms with E-state index in [1.807, 2.05) is 6.92 Å². The summed E-state index contributed by atoms with van der Waals surface area (Å²) in [5.74, 6) is 0.0448. The summed E-state index contributed by atoms with van der Waals surface area (Å²) in [6, 6.07) is 5.04. The van der Waals surface area contributed by atoms with Crippen molar-refractivity contribution >= 4 is 29.0 Å². The Morgan fingerprint density at radius 1 is 1.31 bits per heavy atom. The Kier molecular flexibility index (Phi) is 5.26. The fourth-order valence-corrected chi connectivity index (χ4v) is 2.10. The molecule has 1 aromatic rings. The van der Waals surface area contributed by atoms with Gasteiger partial charge in [0.1, 0.15) is 6.10 Å². The third kappa shape index (κ3) is 3.48. The van der Waals surface area contributed by atoms with Crippen LogP contribution in [0, 0.1) is 0 Å². The highest BCUT2D eigenvalue weighted by atomic mass is 35.5. The number of ether oxygens (including phenoxy) is 1. The van der Waals surface area contributed by atoms with Crippen molar-refractivity contribution in [2.45, 2.75) is 25.9 Å². The van der Waals surface area contributed by atoms with E-state index in [4.69, 9.17) is 27.9 Å². The predicted molar refractivity (Wildman–Crippen MR) is 66.1 cm³/mol. The highest BCUT2D eigenvalue weighted by Crippen LogP contribution is 2.26. The van der Waals surface area contributed by atoms with Crippen molar-refractivity contribution in [3.05, 3.63) is 33.8 Å². The molecule has 0 amide bonds. The quantitative estimate of drug-likeness (QED) is 0.799. The summed E-state index contributed by atoms with van der Waals surface area (Å²) >= 11 is 11.8. The van der Waals surface area contributed by atoms with Gasteiger partial charge in [-0.15, -0.1) is 0 Å². The molecular formula is C12H14Cl2O2. The lowest BCUT2D eigenvalue weighted by Crippen LogP contribution is -2.14. The molecule has 0 fully saturated rings. The zero-order valence-electron chi connectivity index (χ0n) is 9.30. The van der Waals surface area contributed by atoms with Crippen LogP contribution in [-0.4, -0.2) is 12.9 Å². The molecule has 4 heteroatoms. The standard InChI is InChI=1S/C12H14Cl2O2/c1-3-4-11(15)12(16-2)8-5-9(13)7-10(14)6-8/h5-7,12H,3-4H2,1-2H3. The molecule has 0 bridgehead atoms. The predicted octanol–water partition coefficient (Wildman–Crippen LogP) is 4.05. The highest BCUT2D eigenvalue weighted by molar-refractivity contribution is 6.34. The fourth-order valence-electron chi connectivity index (χ4n) is 1.56. The van der Waals surface area contributed by atoms with Gasteiger partial charge in [-0.1, -0.05) is 30.1 Å². The molecule has 0 spiro atoms. The number of carbonyl (C=O) groups excluding carboxylic acids is 1. The van der Waals surface area contributed by atoms with E-state index in [1.54, 1.807) is 18.2 Å². The maximum Gasteiger partial charge on any atom is 0.166 e. The Hall–Kier alpha value is -0.570. The number of benzene rings is 1. The van der Waals surface area contributed by atoms with Crippen LogP contribution in [-0.2, 0) is 9.53 Å². The number of carbonyl (C=O) groups is 1.